The van der Waals surface area contributed by atoms with E-state index in [4.69, 9.17) is 4.74 Å². The summed E-state index contributed by atoms with van der Waals surface area (Å²) in [4.78, 5) is 18.9. The summed E-state index contributed by atoms with van der Waals surface area (Å²) >= 11 is 0. The molecular weight excluding hydrogens is 304 g/mol. The number of rotatable bonds is 6. The number of nitrogens with zero attached hydrogens (tertiary/aromatic N) is 3. The zero-order chi connectivity index (χ0) is 16.9. The monoisotopic (exact) mass is 328 g/mol. The topological polar surface area (TPSA) is 59.4 Å². The first-order chi connectivity index (χ1) is 11.7. The molecule has 2 aromatic heterocycles. The Balaban J connectivity index is 1.50. The molecule has 1 N–H and O–H groups in total. The summed E-state index contributed by atoms with van der Waals surface area (Å²) in [6, 6.07) is 7.88. The minimum Gasteiger partial charge on any atom is -0.478 e. The molecule has 0 aromatic carbocycles. The van der Waals surface area contributed by atoms with Crippen LogP contribution in [-0.2, 0) is 13.6 Å². The van der Waals surface area contributed by atoms with Crippen molar-refractivity contribution in [2.45, 2.75) is 25.9 Å². The standard InChI is InChI=1S/C18H24N4O2/c1-3-24-17-7-6-14(11-19-17)12-22-10-8-15(13-22)20-18(23)16-5-4-9-21(16)2/h4-7,9,11,15H,3,8,10,12-13H2,1-2H3,(H,20,23)/t15-/m0/s1. The van der Waals surface area contributed by atoms with E-state index in [9.17, 15) is 4.79 Å². The minimum absolute atomic E-state index is 0.00270. The Bertz CT molecular complexity index is 681. The fraction of sp³-hybridized carbons (Fsp3) is 0.444. The van der Waals surface area contributed by atoms with Gasteiger partial charge in [-0.15, -0.1) is 0 Å². The lowest BCUT2D eigenvalue weighted by atomic mass is 10.2. The van der Waals surface area contributed by atoms with Crippen LogP contribution in [0, 0.1) is 0 Å². The highest BCUT2D eigenvalue weighted by atomic mass is 16.5. The predicted molar refractivity (Wildman–Crippen MR) is 92.0 cm³/mol. The molecule has 0 unspecified atom stereocenters. The van der Waals surface area contributed by atoms with Crippen molar-refractivity contribution in [1.29, 1.82) is 0 Å². The third-order valence-corrected chi connectivity index (χ3v) is 4.28. The van der Waals surface area contributed by atoms with Crippen LogP contribution >= 0.6 is 0 Å². The van der Waals surface area contributed by atoms with Crippen LogP contribution in [0.15, 0.2) is 36.7 Å². The van der Waals surface area contributed by atoms with Gasteiger partial charge in [0.25, 0.3) is 5.91 Å². The first-order valence-electron chi connectivity index (χ1n) is 8.38. The smallest absolute Gasteiger partial charge is 0.268 e. The number of amides is 1. The van der Waals surface area contributed by atoms with Gasteiger partial charge in [0.1, 0.15) is 5.69 Å². The van der Waals surface area contributed by atoms with Gasteiger partial charge in [0.05, 0.1) is 6.61 Å². The van der Waals surface area contributed by atoms with Crippen LogP contribution in [0.5, 0.6) is 5.88 Å². The first kappa shape index (κ1) is 16.5. The highest BCUT2D eigenvalue weighted by Crippen LogP contribution is 2.15. The van der Waals surface area contributed by atoms with Gasteiger partial charge in [-0.2, -0.15) is 0 Å². The number of aryl methyl sites for hydroxylation is 1. The number of carbonyl (C=O) groups is 1. The Morgan fingerprint density at radius 3 is 2.96 bits per heavy atom. The van der Waals surface area contributed by atoms with E-state index in [0.717, 1.165) is 31.6 Å². The highest BCUT2D eigenvalue weighted by molar-refractivity contribution is 5.92. The quantitative estimate of drug-likeness (QED) is 0.879. The van der Waals surface area contributed by atoms with Crippen LogP contribution in [-0.4, -0.2) is 46.1 Å². The molecule has 128 valence electrons. The fourth-order valence-electron chi connectivity index (χ4n) is 3.05. The zero-order valence-corrected chi connectivity index (χ0v) is 14.2. The average Bonchev–Trinajstić information content (AvgIpc) is 3.18. The number of nitrogens with one attached hydrogen (secondary N) is 1. The summed E-state index contributed by atoms with van der Waals surface area (Å²) in [5.74, 6) is 0.660. The van der Waals surface area contributed by atoms with Gasteiger partial charge in [0, 0.05) is 51.2 Å². The Kier molecular flexibility index (Phi) is 5.15. The summed E-state index contributed by atoms with van der Waals surface area (Å²) in [5, 5.41) is 3.13. The van der Waals surface area contributed by atoms with Gasteiger partial charge in [0.15, 0.2) is 0 Å². The van der Waals surface area contributed by atoms with Gasteiger partial charge in [-0.3, -0.25) is 9.69 Å². The van der Waals surface area contributed by atoms with E-state index in [2.05, 4.69) is 15.2 Å². The second-order valence-corrected chi connectivity index (χ2v) is 6.14. The van der Waals surface area contributed by atoms with E-state index in [-0.39, 0.29) is 11.9 Å². The highest BCUT2D eigenvalue weighted by Gasteiger charge is 2.24. The Morgan fingerprint density at radius 2 is 2.29 bits per heavy atom. The van der Waals surface area contributed by atoms with E-state index < -0.39 is 0 Å². The number of carbonyl (C=O) groups excluding carboxylic acids is 1. The van der Waals surface area contributed by atoms with Crippen molar-refractivity contribution < 1.29 is 9.53 Å². The molecule has 0 bridgehead atoms. The number of hydrogen-bond donors (Lipinski definition) is 1. The van der Waals surface area contributed by atoms with Crippen molar-refractivity contribution in [3.63, 3.8) is 0 Å². The maximum absolute atomic E-state index is 12.3. The largest absolute Gasteiger partial charge is 0.478 e. The van der Waals surface area contributed by atoms with Crippen LogP contribution in [0.4, 0.5) is 0 Å². The summed E-state index contributed by atoms with van der Waals surface area (Å²) in [7, 11) is 1.88. The predicted octanol–water partition coefficient (Wildman–Crippen LogP) is 1.82. The third kappa shape index (κ3) is 3.94. The van der Waals surface area contributed by atoms with Crippen molar-refractivity contribution in [3.8, 4) is 5.88 Å². The van der Waals surface area contributed by atoms with Crippen LogP contribution in [0.2, 0.25) is 0 Å². The lowest BCUT2D eigenvalue weighted by Crippen LogP contribution is -2.37. The SMILES string of the molecule is CCOc1ccc(CN2CC[C@H](NC(=O)c3cccn3C)C2)cn1. The normalized spacial score (nSPS) is 17.8. The zero-order valence-electron chi connectivity index (χ0n) is 14.2. The number of likely N-dealkylation sites (tertiary alicyclic amines) is 1. The molecule has 1 aliphatic heterocycles. The molecule has 1 saturated heterocycles. The molecule has 6 nitrogen and oxygen atoms in total. The molecule has 1 atom stereocenters. The molecule has 1 amide bonds. The lowest BCUT2D eigenvalue weighted by Gasteiger charge is -2.17. The Labute approximate surface area is 142 Å². The molecule has 24 heavy (non-hydrogen) atoms. The Morgan fingerprint density at radius 1 is 1.42 bits per heavy atom. The number of aromatic nitrogens is 2. The van der Waals surface area contributed by atoms with Crippen LogP contribution in [0.25, 0.3) is 0 Å². The van der Waals surface area contributed by atoms with Crippen LogP contribution in [0.1, 0.15) is 29.4 Å². The van der Waals surface area contributed by atoms with E-state index in [1.165, 1.54) is 0 Å². The van der Waals surface area contributed by atoms with E-state index in [1.54, 1.807) is 0 Å². The van der Waals surface area contributed by atoms with Gasteiger partial charge in [-0.25, -0.2) is 4.98 Å². The molecule has 6 heteroatoms. The molecule has 0 aliphatic carbocycles. The third-order valence-electron chi connectivity index (χ3n) is 4.28. The lowest BCUT2D eigenvalue weighted by molar-refractivity contribution is 0.0929. The maximum Gasteiger partial charge on any atom is 0.268 e. The first-order valence-corrected chi connectivity index (χ1v) is 8.38. The second-order valence-electron chi connectivity index (χ2n) is 6.14. The molecule has 3 heterocycles. The summed E-state index contributed by atoms with van der Waals surface area (Å²) in [6.07, 6.45) is 4.72. The fourth-order valence-corrected chi connectivity index (χ4v) is 3.05. The Hall–Kier alpha value is -2.34. The average molecular weight is 328 g/mol. The van der Waals surface area contributed by atoms with Gasteiger partial charge in [-0.1, -0.05) is 6.07 Å². The van der Waals surface area contributed by atoms with E-state index in [0.29, 0.717) is 18.2 Å². The van der Waals surface area contributed by atoms with Crippen LogP contribution in [0.3, 0.4) is 0 Å². The minimum atomic E-state index is -0.00270. The van der Waals surface area contributed by atoms with Crippen molar-refractivity contribution in [2.24, 2.45) is 7.05 Å². The molecule has 3 rings (SSSR count). The van der Waals surface area contributed by atoms with Crippen molar-refractivity contribution in [1.82, 2.24) is 19.8 Å². The van der Waals surface area contributed by atoms with Crippen molar-refractivity contribution >= 4 is 5.91 Å². The summed E-state index contributed by atoms with van der Waals surface area (Å²) in [5.41, 5.74) is 1.86. The van der Waals surface area contributed by atoms with Gasteiger partial charge in [0.2, 0.25) is 5.88 Å². The van der Waals surface area contributed by atoms with E-state index in [1.807, 2.05) is 55.2 Å². The molecule has 0 saturated carbocycles. The van der Waals surface area contributed by atoms with Gasteiger partial charge in [-0.05, 0) is 31.0 Å². The molecule has 2 aromatic rings. The van der Waals surface area contributed by atoms with Crippen LogP contribution < -0.4 is 10.1 Å². The van der Waals surface area contributed by atoms with Gasteiger partial charge < -0.3 is 14.6 Å². The second kappa shape index (κ2) is 7.49. The molecule has 0 spiro atoms. The maximum atomic E-state index is 12.3. The number of ether oxygens (including phenoxy) is 1. The van der Waals surface area contributed by atoms with Gasteiger partial charge >= 0.3 is 0 Å². The number of pyridine rings is 1. The molecule has 1 fully saturated rings. The van der Waals surface area contributed by atoms with Crippen molar-refractivity contribution in [2.75, 3.05) is 19.7 Å². The molecule has 1 aliphatic rings. The number of hydrogen-bond acceptors (Lipinski definition) is 4. The van der Waals surface area contributed by atoms with Crippen molar-refractivity contribution in [3.05, 3.63) is 47.9 Å². The summed E-state index contributed by atoms with van der Waals surface area (Å²) in [6.45, 7) is 5.26. The van der Waals surface area contributed by atoms with E-state index >= 15 is 0 Å². The molecular formula is C18H24N4O2. The summed E-state index contributed by atoms with van der Waals surface area (Å²) < 4.78 is 7.20. The molecule has 0 radical (unpaired) electrons.